The van der Waals surface area contributed by atoms with Gasteiger partial charge in [-0.1, -0.05) is 23.9 Å². The zero-order valence-electron chi connectivity index (χ0n) is 9.26. The van der Waals surface area contributed by atoms with Crippen molar-refractivity contribution < 1.29 is 4.39 Å². The van der Waals surface area contributed by atoms with E-state index in [1.807, 2.05) is 24.3 Å². The van der Waals surface area contributed by atoms with Crippen LogP contribution in [0, 0.1) is 5.82 Å². The van der Waals surface area contributed by atoms with Crippen LogP contribution in [-0.2, 0) is 0 Å². The number of anilines is 1. The molecule has 2 aromatic carbocycles. The van der Waals surface area contributed by atoms with Gasteiger partial charge in [-0.2, -0.15) is 0 Å². The number of nitrogen functional groups attached to an aromatic ring is 1. The van der Waals surface area contributed by atoms with E-state index in [0.29, 0.717) is 5.69 Å². The summed E-state index contributed by atoms with van der Waals surface area (Å²) in [6, 6.07) is 12.5. The molecule has 3 rings (SSSR count). The molecule has 0 bridgehead atoms. The lowest BCUT2D eigenvalue weighted by Gasteiger charge is -1.99. The van der Waals surface area contributed by atoms with E-state index in [9.17, 15) is 4.39 Å². The Morgan fingerprint density at radius 3 is 2.78 bits per heavy atom. The summed E-state index contributed by atoms with van der Waals surface area (Å²) in [6.07, 6.45) is 0. The molecule has 0 aliphatic carbocycles. The number of hydrogen-bond donors (Lipinski definition) is 1. The molecule has 0 spiro atoms. The van der Waals surface area contributed by atoms with Crippen molar-refractivity contribution in [2.24, 2.45) is 0 Å². The molecule has 0 aliphatic heterocycles. The number of hydrogen-bond acceptors (Lipinski definition) is 4. The molecule has 5 heteroatoms. The number of nitrogens with zero attached hydrogens (tertiary/aromatic N) is 1. The number of benzene rings is 2. The van der Waals surface area contributed by atoms with Gasteiger partial charge >= 0.3 is 0 Å². The van der Waals surface area contributed by atoms with Crippen LogP contribution in [0.5, 0.6) is 0 Å². The number of halogens is 1. The van der Waals surface area contributed by atoms with Crippen molar-refractivity contribution in [3.63, 3.8) is 0 Å². The van der Waals surface area contributed by atoms with Crippen molar-refractivity contribution in [2.45, 2.75) is 9.24 Å². The monoisotopic (exact) mass is 276 g/mol. The zero-order valence-corrected chi connectivity index (χ0v) is 10.9. The van der Waals surface area contributed by atoms with Crippen LogP contribution in [0.3, 0.4) is 0 Å². The summed E-state index contributed by atoms with van der Waals surface area (Å²) >= 11 is 3.02. The molecule has 0 unspecified atom stereocenters. The van der Waals surface area contributed by atoms with Crippen molar-refractivity contribution in [1.29, 1.82) is 0 Å². The predicted octanol–water partition coefficient (Wildman–Crippen LogP) is 4.17. The first kappa shape index (κ1) is 11.5. The molecule has 0 fully saturated rings. The van der Waals surface area contributed by atoms with E-state index in [1.165, 1.54) is 23.9 Å². The lowest BCUT2D eigenvalue weighted by molar-refractivity contribution is 0.625. The Morgan fingerprint density at radius 2 is 2.00 bits per heavy atom. The number of rotatable bonds is 2. The maximum absolute atomic E-state index is 13.2. The van der Waals surface area contributed by atoms with Gasteiger partial charge in [-0.05, 0) is 30.3 Å². The zero-order chi connectivity index (χ0) is 12.5. The summed E-state index contributed by atoms with van der Waals surface area (Å²) in [5.74, 6) is -0.321. The fourth-order valence-electron chi connectivity index (χ4n) is 1.64. The normalized spacial score (nSPS) is 10.9. The number of nitrogens with two attached hydrogens (primary N) is 1. The molecule has 3 aromatic rings. The van der Waals surface area contributed by atoms with Crippen LogP contribution in [0.2, 0.25) is 0 Å². The molecule has 0 amide bonds. The largest absolute Gasteiger partial charge is 0.399 e. The van der Waals surface area contributed by atoms with Gasteiger partial charge in [0, 0.05) is 10.6 Å². The Balaban J connectivity index is 1.96. The van der Waals surface area contributed by atoms with Gasteiger partial charge in [-0.3, -0.25) is 0 Å². The van der Waals surface area contributed by atoms with Crippen LogP contribution in [0.15, 0.2) is 51.7 Å². The molecule has 90 valence electrons. The topological polar surface area (TPSA) is 38.9 Å². The van der Waals surface area contributed by atoms with Crippen molar-refractivity contribution in [3.8, 4) is 0 Å². The average molecular weight is 276 g/mol. The number of fused-ring (bicyclic) bond motifs is 1. The van der Waals surface area contributed by atoms with Gasteiger partial charge in [-0.15, -0.1) is 11.3 Å². The van der Waals surface area contributed by atoms with Gasteiger partial charge in [0.05, 0.1) is 10.2 Å². The SMILES string of the molecule is Nc1cc(F)cc(Sc2nc3ccccc3s2)c1. The van der Waals surface area contributed by atoms with Crippen LogP contribution in [0.4, 0.5) is 10.1 Å². The molecule has 0 radical (unpaired) electrons. The maximum atomic E-state index is 13.2. The van der Waals surface area contributed by atoms with E-state index >= 15 is 0 Å². The van der Waals surface area contributed by atoms with Crippen molar-refractivity contribution in [1.82, 2.24) is 4.98 Å². The van der Waals surface area contributed by atoms with Gasteiger partial charge in [0.2, 0.25) is 0 Å². The first-order valence-electron chi connectivity index (χ1n) is 5.30. The predicted molar refractivity (Wildman–Crippen MR) is 74.6 cm³/mol. The quantitative estimate of drug-likeness (QED) is 0.714. The van der Waals surface area contributed by atoms with Gasteiger partial charge in [0.1, 0.15) is 5.82 Å². The van der Waals surface area contributed by atoms with Crippen molar-refractivity contribution in [2.75, 3.05) is 5.73 Å². The van der Waals surface area contributed by atoms with Crippen LogP contribution < -0.4 is 5.73 Å². The molecule has 1 aromatic heterocycles. The fourth-order valence-corrected chi connectivity index (χ4v) is 3.77. The highest BCUT2D eigenvalue weighted by molar-refractivity contribution is 8.01. The van der Waals surface area contributed by atoms with Crippen molar-refractivity contribution >= 4 is 39.0 Å². The summed E-state index contributed by atoms with van der Waals surface area (Å²) in [5.41, 5.74) is 7.01. The van der Waals surface area contributed by atoms with Crippen LogP contribution >= 0.6 is 23.1 Å². The minimum atomic E-state index is -0.321. The highest BCUT2D eigenvalue weighted by Gasteiger charge is 2.06. The molecule has 0 saturated carbocycles. The Labute approximate surface area is 112 Å². The lowest BCUT2D eigenvalue weighted by atomic mass is 10.3. The first-order valence-corrected chi connectivity index (χ1v) is 6.93. The molecule has 0 aliphatic rings. The second-order valence-electron chi connectivity index (χ2n) is 3.77. The second kappa shape index (κ2) is 4.59. The summed E-state index contributed by atoms with van der Waals surface area (Å²) in [6.45, 7) is 0. The average Bonchev–Trinajstić information content (AvgIpc) is 2.69. The van der Waals surface area contributed by atoms with Crippen molar-refractivity contribution in [3.05, 3.63) is 48.3 Å². The molecule has 0 atom stereocenters. The molecule has 18 heavy (non-hydrogen) atoms. The van der Waals surface area contributed by atoms with E-state index < -0.39 is 0 Å². The number of aromatic nitrogens is 1. The van der Waals surface area contributed by atoms with E-state index in [4.69, 9.17) is 5.73 Å². The van der Waals surface area contributed by atoms with Gasteiger partial charge in [0.15, 0.2) is 4.34 Å². The Morgan fingerprint density at radius 1 is 1.17 bits per heavy atom. The molecular formula is C13H9FN2S2. The third-order valence-corrected chi connectivity index (χ3v) is 4.44. The third-order valence-electron chi connectivity index (χ3n) is 2.37. The Bertz CT molecular complexity index is 656. The van der Waals surface area contributed by atoms with Gasteiger partial charge in [-0.25, -0.2) is 9.37 Å². The Kier molecular flexibility index (Phi) is 2.93. The smallest absolute Gasteiger partial charge is 0.155 e. The molecule has 0 saturated heterocycles. The minimum absolute atomic E-state index is 0.321. The standard InChI is InChI=1S/C13H9FN2S2/c14-8-5-9(15)7-10(6-8)17-13-16-11-3-1-2-4-12(11)18-13/h1-7H,15H2. The fraction of sp³-hybridized carbons (Fsp3) is 0. The van der Waals surface area contributed by atoms with E-state index in [1.54, 1.807) is 17.4 Å². The highest BCUT2D eigenvalue weighted by Crippen LogP contribution is 2.35. The van der Waals surface area contributed by atoms with Crippen LogP contribution in [-0.4, -0.2) is 4.98 Å². The molecular weight excluding hydrogens is 267 g/mol. The van der Waals surface area contributed by atoms with E-state index in [2.05, 4.69) is 4.98 Å². The lowest BCUT2D eigenvalue weighted by Crippen LogP contribution is -1.86. The summed E-state index contributed by atoms with van der Waals surface area (Å²) in [4.78, 5) is 5.26. The first-order chi connectivity index (χ1) is 8.70. The maximum Gasteiger partial charge on any atom is 0.155 e. The number of thiazole rings is 1. The molecule has 2 N–H and O–H groups in total. The third kappa shape index (κ3) is 2.32. The van der Waals surface area contributed by atoms with Crippen LogP contribution in [0.25, 0.3) is 10.2 Å². The van der Waals surface area contributed by atoms with E-state index in [-0.39, 0.29) is 5.82 Å². The van der Waals surface area contributed by atoms with Gasteiger partial charge in [0.25, 0.3) is 0 Å². The van der Waals surface area contributed by atoms with E-state index in [0.717, 1.165) is 19.5 Å². The minimum Gasteiger partial charge on any atom is -0.399 e. The Hall–Kier alpha value is -1.59. The summed E-state index contributed by atoms with van der Waals surface area (Å²) in [7, 11) is 0. The van der Waals surface area contributed by atoms with Crippen LogP contribution in [0.1, 0.15) is 0 Å². The molecule has 1 heterocycles. The summed E-state index contributed by atoms with van der Waals surface area (Å²) < 4.78 is 15.2. The highest BCUT2D eigenvalue weighted by atomic mass is 32.2. The number of para-hydroxylation sites is 1. The second-order valence-corrected chi connectivity index (χ2v) is 6.12. The summed E-state index contributed by atoms with van der Waals surface area (Å²) in [5, 5.41) is 0. The molecule has 2 nitrogen and oxygen atoms in total. The van der Waals surface area contributed by atoms with Gasteiger partial charge < -0.3 is 5.73 Å².